The number of aliphatic carboxylic acids is 1. The number of hydrogen-bond donors (Lipinski definition) is 1. The summed E-state index contributed by atoms with van der Waals surface area (Å²) >= 11 is 0. The van der Waals surface area contributed by atoms with E-state index in [9.17, 15) is 4.79 Å². The molecule has 1 N–H and O–H groups in total. The fraction of sp³-hybridized carbons (Fsp3) is 0.500. The number of ether oxygens (including phenoxy) is 1. The molecule has 0 aromatic heterocycles. The van der Waals surface area contributed by atoms with E-state index in [4.69, 9.17) is 9.84 Å². The van der Waals surface area contributed by atoms with Gasteiger partial charge in [-0.05, 0) is 19.0 Å². The summed E-state index contributed by atoms with van der Waals surface area (Å²) in [5.41, 5.74) is 1.18. The van der Waals surface area contributed by atoms with Crippen LogP contribution in [0.3, 0.4) is 0 Å². The van der Waals surface area contributed by atoms with Gasteiger partial charge >= 0.3 is 5.97 Å². The Bertz CT molecular complexity index is 353. The SMILES string of the molecule is CCOC(CN(CC)Cc1ccccc1)C(=O)O. The molecule has 4 heteroatoms. The van der Waals surface area contributed by atoms with Gasteiger partial charge in [0.1, 0.15) is 0 Å². The van der Waals surface area contributed by atoms with E-state index >= 15 is 0 Å². The van der Waals surface area contributed by atoms with Crippen LogP contribution in [0.25, 0.3) is 0 Å². The molecule has 1 rings (SSSR count). The van der Waals surface area contributed by atoms with Crippen LogP contribution in [0.5, 0.6) is 0 Å². The highest BCUT2D eigenvalue weighted by Gasteiger charge is 2.20. The largest absolute Gasteiger partial charge is 0.479 e. The third kappa shape index (κ3) is 4.85. The van der Waals surface area contributed by atoms with Crippen molar-refractivity contribution in [1.29, 1.82) is 0 Å². The molecule has 1 aromatic carbocycles. The van der Waals surface area contributed by atoms with Crippen molar-refractivity contribution < 1.29 is 14.6 Å². The minimum absolute atomic E-state index is 0.411. The predicted octanol–water partition coefficient (Wildman–Crippen LogP) is 2.00. The van der Waals surface area contributed by atoms with Gasteiger partial charge in [-0.1, -0.05) is 37.3 Å². The molecule has 0 aliphatic rings. The molecule has 0 saturated heterocycles. The van der Waals surface area contributed by atoms with Crippen LogP contribution in [0.4, 0.5) is 0 Å². The van der Waals surface area contributed by atoms with Crippen molar-refractivity contribution in [3.8, 4) is 0 Å². The molecular weight excluding hydrogens is 230 g/mol. The molecule has 100 valence electrons. The number of nitrogens with zero attached hydrogens (tertiary/aromatic N) is 1. The molecule has 4 nitrogen and oxygen atoms in total. The van der Waals surface area contributed by atoms with Crippen LogP contribution in [0.15, 0.2) is 30.3 Å². The third-order valence-corrected chi connectivity index (χ3v) is 2.76. The third-order valence-electron chi connectivity index (χ3n) is 2.76. The molecule has 0 bridgehead atoms. The molecule has 0 radical (unpaired) electrons. The van der Waals surface area contributed by atoms with Gasteiger partial charge in [0.2, 0.25) is 0 Å². The van der Waals surface area contributed by atoms with Crippen LogP contribution in [-0.4, -0.2) is 41.8 Å². The molecule has 1 aromatic rings. The van der Waals surface area contributed by atoms with Gasteiger partial charge in [0.15, 0.2) is 6.10 Å². The van der Waals surface area contributed by atoms with Crippen LogP contribution in [0.2, 0.25) is 0 Å². The van der Waals surface area contributed by atoms with Gasteiger partial charge in [0, 0.05) is 19.7 Å². The summed E-state index contributed by atoms with van der Waals surface area (Å²) in [6.07, 6.45) is -0.751. The molecule has 1 atom stereocenters. The van der Waals surface area contributed by atoms with E-state index in [0.29, 0.717) is 13.2 Å². The number of carboxylic acid groups (broad SMARTS) is 1. The summed E-state index contributed by atoms with van der Waals surface area (Å²) in [6, 6.07) is 10.0. The van der Waals surface area contributed by atoms with E-state index < -0.39 is 12.1 Å². The second kappa shape index (κ2) is 7.84. The Balaban J connectivity index is 2.57. The van der Waals surface area contributed by atoms with Gasteiger partial charge in [-0.3, -0.25) is 4.90 Å². The van der Waals surface area contributed by atoms with E-state index in [1.165, 1.54) is 5.56 Å². The summed E-state index contributed by atoms with van der Waals surface area (Å²) in [7, 11) is 0. The summed E-state index contributed by atoms with van der Waals surface area (Å²) in [5.74, 6) is -0.900. The molecule has 0 heterocycles. The highest BCUT2D eigenvalue weighted by Crippen LogP contribution is 2.06. The van der Waals surface area contributed by atoms with Gasteiger partial charge in [-0.2, -0.15) is 0 Å². The average Bonchev–Trinajstić information content (AvgIpc) is 2.38. The number of carbonyl (C=O) groups is 1. The molecule has 1 unspecified atom stereocenters. The van der Waals surface area contributed by atoms with Crippen molar-refractivity contribution in [2.75, 3.05) is 19.7 Å². The van der Waals surface area contributed by atoms with Gasteiger partial charge in [-0.25, -0.2) is 4.79 Å². The first-order valence-electron chi connectivity index (χ1n) is 6.28. The second-order valence-electron chi connectivity index (χ2n) is 4.10. The standard InChI is InChI=1S/C14H21NO3/c1-3-15(10-12-8-6-5-7-9-12)11-13(14(16)17)18-4-2/h5-9,13H,3-4,10-11H2,1-2H3,(H,16,17). The highest BCUT2D eigenvalue weighted by molar-refractivity contribution is 5.72. The smallest absolute Gasteiger partial charge is 0.334 e. The van der Waals surface area contributed by atoms with Crippen molar-refractivity contribution in [2.45, 2.75) is 26.5 Å². The zero-order valence-electron chi connectivity index (χ0n) is 11.0. The molecule has 0 saturated carbocycles. The highest BCUT2D eigenvalue weighted by atomic mass is 16.5. The second-order valence-corrected chi connectivity index (χ2v) is 4.10. The van der Waals surface area contributed by atoms with Crippen LogP contribution < -0.4 is 0 Å². The van der Waals surface area contributed by atoms with E-state index in [1.54, 1.807) is 0 Å². The minimum Gasteiger partial charge on any atom is -0.479 e. The van der Waals surface area contributed by atoms with E-state index in [-0.39, 0.29) is 0 Å². The van der Waals surface area contributed by atoms with Crippen LogP contribution >= 0.6 is 0 Å². The van der Waals surface area contributed by atoms with Gasteiger partial charge in [0.25, 0.3) is 0 Å². The lowest BCUT2D eigenvalue weighted by molar-refractivity contribution is -0.151. The van der Waals surface area contributed by atoms with Gasteiger partial charge < -0.3 is 9.84 Å². The number of hydrogen-bond acceptors (Lipinski definition) is 3. The summed E-state index contributed by atoms with van der Waals surface area (Å²) in [4.78, 5) is 13.1. The topological polar surface area (TPSA) is 49.8 Å². The van der Waals surface area contributed by atoms with Crippen molar-refractivity contribution in [3.05, 3.63) is 35.9 Å². The number of rotatable bonds is 8. The van der Waals surface area contributed by atoms with Crippen LogP contribution in [0.1, 0.15) is 19.4 Å². The molecule has 18 heavy (non-hydrogen) atoms. The fourth-order valence-corrected chi connectivity index (χ4v) is 1.78. The molecule has 0 spiro atoms. The first kappa shape index (κ1) is 14.7. The number of carboxylic acids is 1. The van der Waals surface area contributed by atoms with E-state index in [0.717, 1.165) is 13.1 Å². The number of likely N-dealkylation sites (N-methyl/N-ethyl adjacent to an activating group) is 1. The average molecular weight is 251 g/mol. The Labute approximate surface area is 108 Å². The Morgan fingerprint density at radius 3 is 2.50 bits per heavy atom. The molecule has 0 aliphatic carbocycles. The van der Waals surface area contributed by atoms with Crippen LogP contribution in [0, 0.1) is 0 Å². The first-order valence-corrected chi connectivity index (χ1v) is 6.28. The summed E-state index contributed by atoms with van der Waals surface area (Å²) in [6.45, 7) is 6.20. The zero-order chi connectivity index (χ0) is 13.4. The predicted molar refractivity (Wildman–Crippen MR) is 70.4 cm³/mol. The zero-order valence-corrected chi connectivity index (χ0v) is 11.0. The summed E-state index contributed by atoms with van der Waals surface area (Å²) < 4.78 is 5.23. The lowest BCUT2D eigenvalue weighted by Crippen LogP contribution is -2.38. The lowest BCUT2D eigenvalue weighted by Gasteiger charge is -2.24. The quantitative estimate of drug-likeness (QED) is 0.767. The normalized spacial score (nSPS) is 12.6. The summed E-state index contributed by atoms with van der Waals surface area (Å²) in [5, 5.41) is 9.06. The van der Waals surface area contributed by atoms with Gasteiger partial charge in [0.05, 0.1) is 0 Å². The monoisotopic (exact) mass is 251 g/mol. The Morgan fingerprint density at radius 2 is 2.00 bits per heavy atom. The molecule has 0 fully saturated rings. The first-order chi connectivity index (χ1) is 8.67. The lowest BCUT2D eigenvalue weighted by atomic mass is 10.2. The maximum absolute atomic E-state index is 11.0. The van der Waals surface area contributed by atoms with E-state index in [2.05, 4.69) is 4.90 Å². The molecular formula is C14H21NO3. The Kier molecular flexibility index (Phi) is 6.39. The Hall–Kier alpha value is -1.39. The Morgan fingerprint density at radius 1 is 1.33 bits per heavy atom. The van der Waals surface area contributed by atoms with Crippen molar-refractivity contribution in [2.24, 2.45) is 0 Å². The molecule has 0 aliphatic heterocycles. The van der Waals surface area contributed by atoms with E-state index in [1.807, 2.05) is 44.2 Å². The minimum atomic E-state index is -0.900. The molecule has 0 amide bonds. The van der Waals surface area contributed by atoms with Crippen molar-refractivity contribution in [3.63, 3.8) is 0 Å². The number of benzene rings is 1. The van der Waals surface area contributed by atoms with Crippen molar-refractivity contribution in [1.82, 2.24) is 4.90 Å². The maximum atomic E-state index is 11.0. The maximum Gasteiger partial charge on any atom is 0.334 e. The van der Waals surface area contributed by atoms with Crippen LogP contribution in [-0.2, 0) is 16.1 Å². The van der Waals surface area contributed by atoms with Gasteiger partial charge in [-0.15, -0.1) is 0 Å². The fourth-order valence-electron chi connectivity index (χ4n) is 1.78. The van der Waals surface area contributed by atoms with Crippen molar-refractivity contribution >= 4 is 5.97 Å².